The van der Waals surface area contributed by atoms with E-state index in [4.69, 9.17) is 9.47 Å². The molecule has 0 bridgehead atoms. The van der Waals surface area contributed by atoms with Crippen LogP contribution in [0.3, 0.4) is 0 Å². The van der Waals surface area contributed by atoms with E-state index in [2.05, 4.69) is 22.7 Å². The number of aromatic nitrogens is 2. The SMILES string of the molecule is CCCCn1ccnc1C1CCN(C(=O)COCC2CCCCO2)CC1. The predicted molar refractivity (Wildman–Crippen MR) is 100 cm³/mol. The van der Waals surface area contributed by atoms with Gasteiger partial charge in [-0.25, -0.2) is 4.98 Å². The number of imidazole rings is 1. The summed E-state index contributed by atoms with van der Waals surface area (Å²) >= 11 is 0. The fourth-order valence-corrected chi connectivity index (χ4v) is 3.89. The maximum Gasteiger partial charge on any atom is 0.248 e. The standard InChI is InChI=1S/C20H33N3O3/c1-2-3-10-23-13-9-21-20(23)17-7-11-22(12-8-17)19(24)16-25-15-18-6-4-5-14-26-18/h9,13,17-18H,2-8,10-12,14-16H2,1H3. The lowest BCUT2D eigenvalue weighted by Gasteiger charge is -2.32. The van der Waals surface area contributed by atoms with Crippen molar-refractivity contribution in [1.29, 1.82) is 0 Å². The van der Waals surface area contributed by atoms with Gasteiger partial charge in [-0.1, -0.05) is 13.3 Å². The molecule has 1 aromatic heterocycles. The van der Waals surface area contributed by atoms with Gasteiger partial charge in [-0.3, -0.25) is 4.79 Å². The van der Waals surface area contributed by atoms with Gasteiger partial charge in [0.05, 0.1) is 12.7 Å². The number of rotatable bonds is 8. The third-order valence-corrected chi connectivity index (χ3v) is 5.52. The second-order valence-corrected chi connectivity index (χ2v) is 7.49. The van der Waals surface area contributed by atoms with Crippen LogP contribution < -0.4 is 0 Å². The number of likely N-dealkylation sites (tertiary alicyclic amines) is 1. The molecular weight excluding hydrogens is 330 g/mol. The molecule has 6 nitrogen and oxygen atoms in total. The summed E-state index contributed by atoms with van der Waals surface area (Å²) in [5.74, 6) is 1.76. The highest BCUT2D eigenvalue weighted by molar-refractivity contribution is 5.77. The molecule has 3 heterocycles. The molecule has 0 aromatic carbocycles. The Labute approximate surface area is 156 Å². The molecule has 1 amide bonds. The Hall–Kier alpha value is -1.40. The quantitative estimate of drug-likeness (QED) is 0.712. The summed E-state index contributed by atoms with van der Waals surface area (Å²) in [4.78, 5) is 18.9. The molecule has 3 rings (SSSR count). The summed E-state index contributed by atoms with van der Waals surface area (Å²) in [6, 6.07) is 0. The topological polar surface area (TPSA) is 56.6 Å². The molecule has 0 aliphatic carbocycles. The number of aryl methyl sites for hydroxylation is 1. The summed E-state index contributed by atoms with van der Waals surface area (Å²) < 4.78 is 13.5. The largest absolute Gasteiger partial charge is 0.376 e. The van der Waals surface area contributed by atoms with Gasteiger partial charge in [0.2, 0.25) is 5.91 Å². The van der Waals surface area contributed by atoms with Gasteiger partial charge < -0.3 is 18.9 Å². The number of unbranched alkanes of at least 4 members (excludes halogenated alkanes) is 1. The van der Waals surface area contributed by atoms with Crippen molar-refractivity contribution in [3.05, 3.63) is 18.2 Å². The number of amides is 1. The molecular formula is C20H33N3O3. The second kappa shape index (κ2) is 10.1. The number of nitrogens with zero attached hydrogens (tertiary/aromatic N) is 3. The Balaban J connectivity index is 1.39. The van der Waals surface area contributed by atoms with Gasteiger partial charge in [0, 0.05) is 44.6 Å². The van der Waals surface area contributed by atoms with Crippen LogP contribution >= 0.6 is 0 Å². The van der Waals surface area contributed by atoms with Crippen molar-refractivity contribution in [3.8, 4) is 0 Å². The average Bonchev–Trinajstić information content (AvgIpc) is 3.16. The second-order valence-electron chi connectivity index (χ2n) is 7.49. The maximum absolute atomic E-state index is 12.4. The number of hydrogen-bond acceptors (Lipinski definition) is 4. The van der Waals surface area contributed by atoms with Crippen molar-refractivity contribution < 1.29 is 14.3 Å². The molecule has 2 fully saturated rings. The first-order chi connectivity index (χ1) is 12.8. The molecule has 2 aliphatic rings. The van der Waals surface area contributed by atoms with E-state index in [1.807, 2.05) is 11.1 Å². The molecule has 146 valence electrons. The lowest BCUT2D eigenvalue weighted by Crippen LogP contribution is -2.40. The fraction of sp³-hybridized carbons (Fsp3) is 0.800. The van der Waals surface area contributed by atoms with Crippen molar-refractivity contribution in [2.45, 2.75) is 70.4 Å². The summed E-state index contributed by atoms with van der Waals surface area (Å²) in [6.45, 7) is 6.39. The van der Waals surface area contributed by atoms with Crippen molar-refractivity contribution in [3.63, 3.8) is 0 Å². The monoisotopic (exact) mass is 363 g/mol. The minimum atomic E-state index is 0.105. The third-order valence-electron chi connectivity index (χ3n) is 5.52. The van der Waals surface area contributed by atoms with Crippen LogP contribution in [0.4, 0.5) is 0 Å². The minimum absolute atomic E-state index is 0.105. The molecule has 0 radical (unpaired) electrons. The lowest BCUT2D eigenvalue weighted by molar-refractivity contribution is -0.139. The van der Waals surface area contributed by atoms with Gasteiger partial charge in [0.25, 0.3) is 0 Å². The van der Waals surface area contributed by atoms with Crippen LogP contribution in [-0.4, -0.2) is 59.4 Å². The van der Waals surface area contributed by atoms with Gasteiger partial charge in [-0.15, -0.1) is 0 Å². The first kappa shape index (κ1) is 19.4. The van der Waals surface area contributed by atoms with Crippen LogP contribution in [0.15, 0.2) is 12.4 Å². The van der Waals surface area contributed by atoms with Gasteiger partial charge in [0.15, 0.2) is 0 Å². The maximum atomic E-state index is 12.4. The van der Waals surface area contributed by atoms with Crippen LogP contribution in [0.5, 0.6) is 0 Å². The van der Waals surface area contributed by atoms with E-state index in [1.165, 1.54) is 25.1 Å². The molecule has 0 saturated carbocycles. The van der Waals surface area contributed by atoms with Gasteiger partial charge >= 0.3 is 0 Å². The van der Waals surface area contributed by atoms with Gasteiger partial charge in [0.1, 0.15) is 12.4 Å². The highest BCUT2D eigenvalue weighted by Gasteiger charge is 2.26. The van der Waals surface area contributed by atoms with Crippen molar-refractivity contribution >= 4 is 5.91 Å². The van der Waals surface area contributed by atoms with Crippen molar-refractivity contribution in [2.75, 3.05) is 32.9 Å². The Morgan fingerprint density at radius 3 is 2.88 bits per heavy atom. The van der Waals surface area contributed by atoms with Crippen molar-refractivity contribution in [2.24, 2.45) is 0 Å². The van der Waals surface area contributed by atoms with E-state index in [1.54, 1.807) is 0 Å². The number of piperidine rings is 1. The highest BCUT2D eigenvalue weighted by Crippen LogP contribution is 2.27. The van der Waals surface area contributed by atoms with Gasteiger partial charge in [-0.05, 0) is 38.5 Å². The zero-order valence-corrected chi connectivity index (χ0v) is 16.1. The number of hydrogen-bond donors (Lipinski definition) is 0. The van der Waals surface area contributed by atoms with E-state index in [0.717, 1.165) is 51.9 Å². The molecule has 2 saturated heterocycles. The lowest BCUT2D eigenvalue weighted by atomic mass is 9.96. The molecule has 0 N–H and O–H groups in total. The first-order valence-corrected chi connectivity index (χ1v) is 10.3. The molecule has 1 atom stereocenters. The van der Waals surface area contributed by atoms with E-state index < -0.39 is 0 Å². The molecule has 26 heavy (non-hydrogen) atoms. The van der Waals surface area contributed by atoms with Crippen molar-refractivity contribution in [1.82, 2.24) is 14.5 Å². The van der Waals surface area contributed by atoms with E-state index in [-0.39, 0.29) is 18.6 Å². The van der Waals surface area contributed by atoms with E-state index in [9.17, 15) is 4.79 Å². The highest BCUT2D eigenvalue weighted by atomic mass is 16.5. The Kier molecular flexibility index (Phi) is 7.50. The van der Waals surface area contributed by atoms with E-state index >= 15 is 0 Å². The summed E-state index contributed by atoms with van der Waals surface area (Å²) in [5.41, 5.74) is 0. The Morgan fingerprint density at radius 2 is 2.15 bits per heavy atom. The smallest absolute Gasteiger partial charge is 0.248 e. The molecule has 6 heteroatoms. The Bertz CT molecular complexity index is 546. The number of ether oxygens (including phenoxy) is 2. The fourth-order valence-electron chi connectivity index (χ4n) is 3.89. The molecule has 1 aromatic rings. The minimum Gasteiger partial charge on any atom is -0.376 e. The zero-order valence-electron chi connectivity index (χ0n) is 16.1. The molecule has 2 aliphatic heterocycles. The first-order valence-electron chi connectivity index (χ1n) is 10.3. The zero-order chi connectivity index (χ0) is 18.2. The molecule has 0 spiro atoms. The number of carbonyl (C=O) groups excluding carboxylic acids is 1. The predicted octanol–water partition coefficient (Wildman–Crippen LogP) is 2.97. The summed E-state index contributed by atoms with van der Waals surface area (Å²) in [6.07, 6.45) is 11.9. The normalized spacial score (nSPS) is 21.9. The molecule has 1 unspecified atom stereocenters. The van der Waals surface area contributed by atoms with Crippen LogP contribution in [0.25, 0.3) is 0 Å². The van der Waals surface area contributed by atoms with Crippen LogP contribution in [-0.2, 0) is 20.8 Å². The third kappa shape index (κ3) is 5.30. The van der Waals surface area contributed by atoms with Crippen LogP contribution in [0.1, 0.15) is 63.6 Å². The Morgan fingerprint density at radius 1 is 1.31 bits per heavy atom. The summed E-state index contributed by atoms with van der Waals surface area (Å²) in [5, 5.41) is 0. The average molecular weight is 364 g/mol. The van der Waals surface area contributed by atoms with E-state index in [0.29, 0.717) is 12.5 Å². The van der Waals surface area contributed by atoms with Crippen LogP contribution in [0, 0.1) is 0 Å². The van der Waals surface area contributed by atoms with Crippen LogP contribution in [0.2, 0.25) is 0 Å². The summed E-state index contributed by atoms with van der Waals surface area (Å²) in [7, 11) is 0. The number of carbonyl (C=O) groups is 1. The van der Waals surface area contributed by atoms with Gasteiger partial charge in [-0.2, -0.15) is 0 Å².